The van der Waals surface area contributed by atoms with Crippen molar-refractivity contribution in [1.29, 1.82) is 0 Å². The zero-order valence-electron chi connectivity index (χ0n) is 16.5. The number of hydrogen-bond donors (Lipinski definition) is 2. The molecule has 4 rings (SSSR count). The summed E-state index contributed by atoms with van der Waals surface area (Å²) in [4.78, 5) is 25.5. The number of aryl methyl sites for hydroxylation is 2. The number of nitrogens with one attached hydrogen (secondary N) is 2. The van der Waals surface area contributed by atoms with Crippen LogP contribution in [0, 0.1) is 6.92 Å². The number of hydrogen-bond acceptors (Lipinski definition) is 2. The van der Waals surface area contributed by atoms with Crippen molar-refractivity contribution >= 4 is 23.2 Å². The Morgan fingerprint density at radius 2 is 1.52 bits per heavy atom. The van der Waals surface area contributed by atoms with Gasteiger partial charge in [0, 0.05) is 22.5 Å². The Hall–Kier alpha value is -3.40. The van der Waals surface area contributed by atoms with Gasteiger partial charge in [0.2, 0.25) is 0 Å². The molecule has 0 unspecified atom stereocenters. The number of benzene rings is 3. The number of para-hydroxylation sites is 1. The fourth-order valence-electron chi connectivity index (χ4n) is 3.81. The van der Waals surface area contributed by atoms with Crippen molar-refractivity contribution < 1.29 is 9.59 Å². The van der Waals surface area contributed by atoms with Gasteiger partial charge in [0.25, 0.3) is 11.8 Å². The lowest BCUT2D eigenvalue weighted by Gasteiger charge is -2.17. The summed E-state index contributed by atoms with van der Waals surface area (Å²) in [7, 11) is 0. The molecular weight excluding hydrogens is 360 g/mol. The van der Waals surface area contributed by atoms with Gasteiger partial charge in [0.1, 0.15) is 0 Å². The normalized spacial score (nSPS) is 12.7. The molecule has 0 spiro atoms. The summed E-state index contributed by atoms with van der Waals surface area (Å²) in [6.07, 6.45) is 4.52. The van der Waals surface area contributed by atoms with Gasteiger partial charge in [-0.25, -0.2) is 0 Å². The first-order valence-corrected chi connectivity index (χ1v) is 10.0. The highest BCUT2D eigenvalue weighted by molar-refractivity contribution is 6.08. The molecule has 1 aliphatic rings. The van der Waals surface area contributed by atoms with Crippen molar-refractivity contribution in [3.63, 3.8) is 0 Å². The minimum Gasteiger partial charge on any atom is -0.322 e. The first kappa shape index (κ1) is 18.9. The van der Waals surface area contributed by atoms with E-state index in [1.807, 2.05) is 55.5 Å². The highest BCUT2D eigenvalue weighted by Crippen LogP contribution is 2.24. The van der Waals surface area contributed by atoms with Crippen molar-refractivity contribution in [2.45, 2.75) is 32.6 Å². The minimum atomic E-state index is -0.196. The minimum absolute atomic E-state index is 0.151. The first-order chi connectivity index (χ1) is 14.1. The van der Waals surface area contributed by atoms with Gasteiger partial charge in [-0.15, -0.1) is 0 Å². The van der Waals surface area contributed by atoms with Crippen LogP contribution in [0.15, 0.2) is 66.7 Å². The summed E-state index contributed by atoms with van der Waals surface area (Å²) in [5, 5.41) is 5.87. The van der Waals surface area contributed by atoms with E-state index < -0.39 is 0 Å². The van der Waals surface area contributed by atoms with E-state index in [1.54, 1.807) is 12.1 Å². The Kier molecular flexibility index (Phi) is 5.43. The summed E-state index contributed by atoms with van der Waals surface area (Å²) < 4.78 is 0. The summed E-state index contributed by atoms with van der Waals surface area (Å²) in [6, 6.07) is 20.7. The van der Waals surface area contributed by atoms with Crippen molar-refractivity contribution in [2.75, 3.05) is 10.6 Å². The standard InChI is InChI=1S/C25H24N2O2/c1-17-22(25(29)26-21-10-3-2-4-11-21)12-7-13-23(17)27-24(28)20-15-14-18-8-5-6-9-19(18)16-20/h2-4,7,10-16H,5-6,8-9H2,1H3,(H,26,29)(H,27,28). The monoisotopic (exact) mass is 384 g/mol. The predicted octanol–water partition coefficient (Wildman–Crippen LogP) is 5.38. The van der Waals surface area contributed by atoms with Gasteiger partial charge >= 0.3 is 0 Å². The molecule has 2 N–H and O–H groups in total. The summed E-state index contributed by atoms with van der Waals surface area (Å²) >= 11 is 0. The molecule has 2 amide bonds. The fourth-order valence-corrected chi connectivity index (χ4v) is 3.81. The average molecular weight is 384 g/mol. The summed E-state index contributed by atoms with van der Waals surface area (Å²) in [5.41, 5.74) is 5.95. The zero-order chi connectivity index (χ0) is 20.2. The van der Waals surface area contributed by atoms with Crippen LogP contribution in [0.3, 0.4) is 0 Å². The molecule has 0 bridgehead atoms. The Bertz CT molecular complexity index is 1060. The molecule has 29 heavy (non-hydrogen) atoms. The van der Waals surface area contributed by atoms with E-state index in [2.05, 4.69) is 16.7 Å². The average Bonchev–Trinajstić information content (AvgIpc) is 2.75. The predicted molar refractivity (Wildman–Crippen MR) is 117 cm³/mol. The molecule has 0 saturated carbocycles. The Morgan fingerprint density at radius 3 is 2.31 bits per heavy atom. The van der Waals surface area contributed by atoms with Crippen molar-refractivity contribution in [2.24, 2.45) is 0 Å². The maximum atomic E-state index is 12.8. The third kappa shape index (κ3) is 4.21. The van der Waals surface area contributed by atoms with E-state index in [0.29, 0.717) is 16.8 Å². The Morgan fingerprint density at radius 1 is 0.759 bits per heavy atom. The van der Waals surface area contributed by atoms with Crippen LogP contribution in [-0.2, 0) is 12.8 Å². The fraction of sp³-hybridized carbons (Fsp3) is 0.200. The van der Waals surface area contributed by atoms with Gasteiger partial charge in [-0.1, -0.05) is 30.3 Å². The number of carbonyl (C=O) groups is 2. The first-order valence-electron chi connectivity index (χ1n) is 10.0. The lowest BCUT2D eigenvalue weighted by Crippen LogP contribution is -2.17. The van der Waals surface area contributed by atoms with Crippen LogP contribution in [0.5, 0.6) is 0 Å². The Labute approximate surface area is 171 Å². The molecule has 0 aliphatic heterocycles. The summed E-state index contributed by atoms with van der Waals surface area (Å²) in [6.45, 7) is 1.85. The van der Waals surface area contributed by atoms with E-state index in [0.717, 1.165) is 24.1 Å². The third-order valence-electron chi connectivity index (χ3n) is 5.47. The topological polar surface area (TPSA) is 58.2 Å². The van der Waals surface area contributed by atoms with Crippen LogP contribution >= 0.6 is 0 Å². The largest absolute Gasteiger partial charge is 0.322 e. The lowest BCUT2D eigenvalue weighted by molar-refractivity contribution is 0.101. The Balaban J connectivity index is 1.53. The van der Waals surface area contributed by atoms with Crippen LogP contribution in [0.2, 0.25) is 0 Å². The van der Waals surface area contributed by atoms with Crippen LogP contribution in [0.1, 0.15) is 50.2 Å². The zero-order valence-corrected chi connectivity index (χ0v) is 16.5. The van der Waals surface area contributed by atoms with Crippen molar-refractivity contribution in [1.82, 2.24) is 0 Å². The van der Waals surface area contributed by atoms with E-state index >= 15 is 0 Å². The molecule has 0 heterocycles. The van der Waals surface area contributed by atoms with Crippen molar-refractivity contribution in [3.05, 3.63) is 94.5 Å². The van der Waals surface area contributed by atoms with Gasteiger partial charge in [0.05, 0.1) is 0 Å². The van der Waals surface area contributed by atoms with Gasteiger partial charge in [-0.2, -0.15) is 0 Å². The van der Waals surface area contributed by atoms with Crippen LogP contribution in [-0.4, -0.2) is 11.8 Å². The highest BCUT2D eigenvalue weighted by atomic mass is 16.2. The van der Waals surface area contributed by atoms with E-state index in [1.165, 1.54) is 24.0 Å². The molecule has 1 aliphatic carbocycles. The molecule has 146 valence electrons. The van der Waals surface area contributed by atoms with E-state index in [9.17, 15) is 9.59 Å². The smallest absolute Gasteiger partial charge is 0.256 e. The molecule has 0 aromatic heterocycles. The lowest BCUT2D eigenvalue weighted by atomic mass is 9.90. The molecule has 0 fully saturated rings. The second-order valence-electron chi connectivity index (χ2n) is 7.44. The van der Waals surface area contributed by atoms with Crippen molar-refractivity contribution in [3.8, 4) is 0 Å². The molecule has 0 radical (unpaired) electrons. The number of fused-ring (bicyclic) bond motifs is 1. The highest BCUT2D eigenvalue weighted by Gasteiger charge is 2.16. The SMILES string of the molecule is Cc1c(NC(=O)c2ccc3c(c2)CCCC3)cccc1C(=O)Nc1ccccc1. The number of amides is 2. The second kappa shape index (κ2) is 8.31. The third-order valence-corrected chi connectivity index (χ3v) is 5.47. The van der Waals surface area contributed by atoms with Crippen LogP contribution < -0.4 is 10.6 Å². The molecule has 0 saturated heterocycles. The maximum absolute atomic E-state index is 12.8. The number of anilines is 2. The van der Waals surface area contributed by atoms with Gasteiger partial charge in [-0.05, 0) is 85.7 Å². The van der Waals surface area contributed by atoms with Crippen LogP contribution in [0.25, 0.3) is 0 Å². The quantitative estimate of drug-likeness (QED) is 0.635. The maximum Gasteiger partial charge on any atom is 0.256 e. The number of rotatable bonds is 4. The molecule has 0 atom stereocenters. The molecule has 3 aromatic carbocycles. The number of carbonyl (C=O) groups excluding carboxylic acids is 2. The molecular formula is C25H24N2O2. The van der Waals surface area contributed by atoms with E-state index in [4.69, 9.17) is 0 Å². The molecule has 4 nitrogen and oxygen atoms in total. The van der Waals surface area contributed by atoms with Gasteiger partial charge in [-0.3, -0.25) is 9.59 Å². The van der Waals surface area contributed by atoms with E-state index in [-0.39, 0.29) is 11.8 Å². The second-order valence-corrected chi connectivity index (χ2v) is 7.44. The van der Waals surface area contributed by atoms with Gasteiger partial charge < -0.3 is 10.6 Å². The van der Waals surface area contributed by atoms with Crippen LogP contribution in [0.4, 0.5) is 11.4 Å². The molecule has 3 aromatic rings. The molecule has 4 heteroatoms. The summed E-state index contributed by atoms with van der Waals surface area (Å²) in [5.74, 6) is -0.347. The van der Waals surface area contributed by atoms with Gasteiger partial charge in [0.15, 0.2) is 0 Å².